The third-order valence-electron chi connectivity index (χ3n) is 16.6. The van der Waals surface area contributed by atoms with Crippen LogP contribution in [0.2, 0.25) is 0 Å². The van der Waals surface area contributed by atoms with Crippen molar-refractivity contribution in [3.63, 3.8) is 0 Å². The lowest BCUT2D eigenvalue weighted by Crippen LogP contribution is -2.58. The number of Topliss-reactive ketones (excluding diaryl/α,β-unsaturated/α-hetero) is 1. The van der Waals surface area contributed by atoms with Gasteiger partial charge in [0.05, 0.1) is 60.3 Å². The number of amides is 5. The van der Waals surface area contributed by atoms with Gasteiger partial charge in [-0.1, -0.05) is 25.7 Å². The van der Waals surface area contributed by atoms with Gasteiger partial charge in [-0.15, -0.1) is 11.8 Å². The Bertz CT molecular complexity index is 2990. The zero-order valence-corrected chi connectivity index (χ0v) is 47.7. The van der Waals surface area contributed by atoms with Gasteiger partial charge in [-0.05, 0) is 125 Å². The number of halogens is 2. The fourth-order valence-corrected chi connectivity index (χ4v) is 13.2. The van der Waals surface area contributed by atoms with Gasteiger partial charge in [-0.25, -0.2) is 18.4 Å². The Balaban J connectivity index is 0.706. The van der Waals surface area contributed by atoms with Crippen LogP contribution in [0.1, 0.15) is 135 Å². The topological polar surface area (TPSA) is 230 Å². The zero-order valence-electron chi connectivity index (χ0n) is 46.9. The lowest BCUT2D eigenvalue weighted by atomic mass is 9.87. The second-order valence-corrected chi connectivity index (χ2v) is 23.0. The predicted octanol–water partition coefficient (Wildman–Crippen LogP) is 6.70. The number of methoxy groups -OCH3 is 1. The number of carbonyl (C=O) groups excluding carboxylic acids is 6. The molecule has 0 saturated carbocycles. The van der Waals surface area contributed by atoms with Crippen LogP contribution in [-0.2, 0) is 32.3 Å². The van der Waals surface area contributed by atoms with Gasteiger partial charge in [0.25, 0.3) is 5.91 Å². The SMILES string of the molecule is CN[C@H](C)C(=O)N[C@@H](C(=O)N1CCC[C@@H]1C1=NC(C(=O)c2ccc(F)cc2)CS1)C1CCN(C(=O)CCCCCCCCC(=O)NCCn2nc3c(c2OC)-c2cnc(N)c(c2)N2CCC[C@@H]2c2cc(F)ccc2C(=O)N(C)C3)CC1. The van der Waals surface area contributed by atoms with Crippen LogP contribution < -0.4 is 31.3 Å². The summed E-state index contributed by atoms with van der Waals surface area (Å²) >= 11 is 1.47. The van der Waals surface area contributed by atoms with Crippen molar-refractivity contribution in [3.05, 3.63) is 88.7 Å². The number of pyridine rings is 1. The largest absolute Gasteiger partial charge is 0.481 e. The summed E-state index contributed by atoms with van der Waals surface area (Å²) in [4.78, 5) is 98.3. The molecule has 5 aliphatic rings. The third kappa shape index (κ3) is 13.5. The van der Waals surface area contributed by atoms with Crippen LogP contribution in [0.4, 0.5) is 20.3 Å². The van der Waals surface area contributed by atoms with Crippen molar-refractivity contribution in [2.75, 3.05) is 70.3 Å². The van der Waals surface area contributed by atoms with Crippen molar-refractivity contribution in [2.24, 2.45) is 10.9 Å². The van der Waals surface area contributed by atoms with E-state index in [-0.39, 0.29) is 59.9 Å². The Kier molecular flexibility index (Phi) is 19.4. The number of nitrogens with two attached hydrogens (primary N) is 1. The molecule has 5 N–H and O–H groups in total. The van der Waals surface area contributed by atoms with Crippen LogP contribution >= 0.6 is 11.8 Å². The summed E-state index contributed by atoms with van der Waals surface area (Å²) in [5, 5.41) is 14.7. The number of likely N-dealkylation sites (N-methyl/N-ethyl adjacent to an activating group) is 1. The summed E-state index contributed by atoms with van der Waals surface area (Å²) in [5.74, 6) is -0.663. The molecule has 0 radical (unpaired) electrons. The van der Waals surface area contributed by atoms with Crippen LogP contribution in [0.15, 0.2) is 59.7 Å². The highest BCUT2D eigenvalue weighted by atomic mass is 32.2. The maximum Gasteiger partial charge on any atom is 0.254 e. The number of nitrogen functional groups attached to an aromatic ring is 1. The number of hydrogen-bond donors (Lipinski definition) is 4. The van der Waals surface area contributed by atoms with E-state index in [9.17, 15) is 37.5 Å². The Morgan fingerprint density at radius 1 is 0.877 bits per heavy atom. The number of thioether (sulfide) groups is 1. The molecule has 5 amide bonds. The number of nitrogens with zero attached hydrogens (tertiary/aromatic N) is 8. The highest BCUT2D eigenvalue weighted by Crippen LogP contribution is 2.44. The Hall–Kier alpha value is -6.94. The minimum absolute atomic E-state index is 0.0704. The van der Waals surface area contributed by atoms with Crippen molar-refractivity contribution in [2.45, 2.75) is 140 Å². The molecule has 81 heavy (non-hydrogen) atoms. The lowest BCUT2D eigenvalue weighted by molar-refractivity contribution is -0.139. The molecule has 0 spiro atoms. The van der Waals surface area contributed by atoms with E-state index in [4.69, 9.17) is 20.6 Å². The molecule has 5 aliphatic heterocycles. The van der Waals surface area contributed by atoms with Gasteiger partial charge < -0.3 is 46.0 Å². The summed E-state index contributed by atoms with van der Waals surface area (Å²) in [6, 6.07) is 9.23. The van der Waals surface area contributed by atoms with E-state index >= 15 is 0 Å². The average molecular weight is 1140 g/mol. The maximum atomic E-state index is 14.8. The minimum Gasteiger partial charge on any atom is -0.481 e. The molecule has 2 aromatic carbocycles. The summed E-state index contributed by atoms with van der Waals surface area (Å²) in [7, 11) is 4.95. The maximum absolute atomic E-state index is 14.8. The van der Waals surface area contributed by atoms with Crippen molar-refractivity contribution in [1.82, 2.24) is 45.4 Å². The third-order valence-corrected chi connectivity index (χ3v) is 17.8. The van der Waals surface area contributed by atoms with Crippen LogP contribution in [-0.4, -0.2) is 154 Å². The Labute approximate surface area is 476 Å². The molecular formula is C59H76F2N12O7S. The van der Waals surface area contributed by atoms with Gasteiger partial charge in [0, 0.05) is 81.3 Å². The van der Waals surface area contributed by atoms with Crippen molar-refractivity contribution in [3.8, 4) is 17.0 Å². The highest BCUT2D eigenvalue weighted by Gasteiger charge is 2.43. The molecule has 22 heteroatoms. The lowest BCUT2D eigenvalue weighted by Gasteiger charge is -2.38. The number of anilines is 2. The van der Waals surface area contributed by atoms with Gasteiger partial charge in [0.2, 0.25) is 29.5 Å². The normalized spacial score (nSPS) is 19.9. The van der Waals surface area contributed by atoms with Gasteiger partial charge >= 0.3 is 0 Å². The smallest absolute Gasteiger partial charge is 0.254 e. The van der Waals surface area contributed by atoms with Crippen molar-refractivity contribution < 1.29 is 42.3 Å². The number of likely N-dealkylation sites (tertiary alicyclic amines) is 2. The number of rotatable bonds is 21. The second kappa shape index (κ2) is 26.8. The number of ketones is 1. The number of unbranched alkanes of at least 4 members (excludes halogenated alkanes) is 5. The molecular weight excluding hydrogens is 1060 g/mol. The van der Waals surface area contributed by atoms with E-state index in [1.165, 1.54) is 48.2 Å². The monoisotopic (exact) mass is 1130 g/mol. The van der Waals surface area contributed by atoms with E-state index in [1.807, 2.05) is 15.9 Å². The zero-order chi connectivity index (χ0) is 57.3. The number of aliphatic imine (C=N–C) groups is 1. The second-order valence-electron chi connectivity index (χ2n) is 22.0. The van der Waals surface area contributed by atoms with E-state index in [1.54, 1.807) is 50.0 Å². The van der Waals surface area contributed by atoms with Crippen molar-refractivity contribution in [1.29, 1.82) is 0 Å². The highest BCUT2D eigenvalue weighted by molar-refractivity contribution is 8.14. The first kappa shape index (κ1) is 58.7. The molecule has 4 aromatic rings. The van der Waals surface area contributed by atoms with Crippen LogP contribution in [0.25, 0.3) is 11.1 Å². The average Bonchev–Trinajstić information content (AvgIpc) is 4.36. The summed E-state index contributed by atoms with van der Waals surface area (Å²) in [6.07, 6.45) is 11.7. The van der Waals surface area contributed by atoms with Gasteiger partial charge in [-0.2, -0.15) is 5.10 Å². The number of piperidine rings is 1. The molecule has 7 heterocycles. The molecule has 2 aromatic heterocycles. The number of hydrogen-bond acceptors (Lipinski definition) is 14. The van der Waals surface area contributed by atoms with Gasteiger partial charge in [0.1, 0.15) is 29.5 Å². The fraction of sp³-hybridized carbons (Fsp3) is 0.542. The fourth-order valence-electron chi connectivity index (χ4n) is 12.0. The van der Waals surface area contributed by atoms with Crippen LogP contribution in [0.3, 0.4) is 0 Å². The van der Waals surface area contributed by atoms with Crippen LogP contribution in [0, 0.1) is 17.6 Å². The van der Waals surface area contributed by atoms with Gasteiger partial charge in [0.15, 0.2) is 5.78 Å². The summed E-state index contributed by atoms with van der Waals surface area (Å²) < 4.78 is 36.0. The number of aromatic nitrogens is 3. The minimum atomic E-state index is -0.779. The summed E-state index contributed by atoms with van der Waals surface area (Å²) in [5.41, 5.74) is 10.6. The van der Waals surface area contributed by atoms with E-state index in [0.29, 0.717) is 128 Å². The molecule has 1 unspecified atom stereocenters. The molecule has 9 rings (SSSR count). The quantitative estimate of drug-likeness (QED) is 0.0504. The first-order valence-electron chi connectivity index (χ1n) is 28.7. The number of nitrogens with one attached hydrogen (secondary N) is 3. The first-order valence-corrected chi connectivity index (χ1v) is 29.7. The Morgan fingerprint density at radius 3 is 2.32 bits per heavy atom. The molecule has 3 saturated heterocycles. The van der Waals surface area contributed by atoms with Gasteiger partial charge in [-0.3, -0.25) is 33.8 Å². The number of ether oxygens (including phenoxy) is 1. The predicted molar refractivity (Wildman–Crippen MR) is 307 cm³/mol. The van der Waals surface area contributed by atoms with E-state index in [2.05, 4.69) is 25.8 Å². The Morgan fingerprint density at radius 2 is 1.58 bits per heavy atom. The standard InChI is InChI=1S/C59H76F2N12O7S/c1-36(63-2)55(77)67-52(58(79)72-27-12-14-47(72)56-66-45(35-81-56)53(76)38-17-19-40(60)20-18-38)37-23-28-70(29-24-37)50(75)16-10-8-6-5-7-9-15-49(74)64-25-30-73-59(80-4)51-39-31-48(54(62)65-33-39)71-26-11-13-46(71)43-32-41(61)21-22-42(43)57(78)69(3)34-44(51)68-73/h17-22,31-33,36-37,45-47,52,63H,5-16,23-30,34-35H2,1-4H3,(H2,62,65)(H,64,74)(H,67,77)/t36-,45?,46-,47-,52-/m1/s1. The number of fused-ring (bicyclic) bond motifs is 8. The first-order chi connectivity index (χ1) is 39.1. The molecule has 434 valence electrons. The van der Waals surface area contributed by atoms with E-state index < -0.39 is 29.8 Å². The summed E-state index contributed by atoms with van der Waals surface area (Å²) in [6.45, 7) is 4.62. The van der Waals surface area contributed by atoms with E-state index in [0.717, 1.165) is 62.8 Å². The molecule has 2 bridgehead atoms. The molecule has 19 nitrogen and oxygen atoms in total. The number of benzene rings is 2. The molecule has 3 fully saturated rings. The number of carbonyl (C=O) groups is 6. The molecule has 0 aliphatic carbocycles. The van der Waals surface area contributed by atoms with Crippen LogP contribution in [0.5, 0.6) is 5.88 Å². The van der Waals surface area contributed by atoms with Crippen molar-refractivity contribution >= 4 is 63.6 Å². The molecule has 5 atom stereocenters.